The fourth-order valence-electron chi connectivity index (χ4n) is 2.12. The predicted molar refractivity (Wildman–Crippen MR) is 97.8 cm³/mol. The summed E-state index contributed by atoms with van der Waals surface area (Å²) >= 11 is 4.77. The Morgan fingerprint density at radius 2 is 2.08 bits per heavy atom. The van der Waals surface area contributed by atoms with E-state index in [0.29, 0.717) is 10.0 Å². The summed E-state index contributed by atoms with van der Waals surface area (Å²) in [6.45, 7) is 3.81. The molecule has 0 aliphatic carbocycles. The number of carbonyl (C=O) groups excluding carboxylic acids is 1. The van der Waals surface area contributed by atoms with Gasteiger partial charge in [-0.3, -0.25) is 0 Å². The molecule has 0 spiro atoms. The molecular formula is C16H18BrNO4S2. The highest BCUT2D eigenvalue weighted by Gasteiger charge is 2.29. The van der Waals surface area contributed by atoms with Crippen molar-refractivity contribution in [3.8, 4) is 0 Å². The molecular weight excluding hydrogens is 414 g/mol. The van der Waals surface area contributed by atoms with Crippen LogP contribution in [0.25, 0.3) is 0 Å². The van der Waals surface area contributed by atoms with Crippen molar-refractivity contribution in [2.75, 3.05) is 13.7 Å². The highest BCUT2D eigenvalue weighted by atomic mass is 79.9. The Kier molecular flexibility index (Phi) is 6.19. The molecule has 24 heavy (non-hydrogen) atoms. The smallest absolute Gasteiger partial charge is 0.338 e. The number of sulfonamides is 1. The zero-order chi connectivity index (χ0) is 17.9. The van der Waals surface area contributed by atoms with E-state index < -0.39 is 16.0 Å². The van der Waals surface area contributed by atoms with Crippen LogP contribution < -0.4 is 0 Å². The van der Waals surface area contributed by atoms with Gasteiger partial charge in [-0.15, -0.1) is 11.3 Å². The van der Waals surface area contributed by atoms with Crippen LogP contribution in [-0.2, 0) is 14.8 Å². The molecule has 0 fully saturated rings. The first-order chi connectivity index (χ1) is 11.3. The molecule has 1 aromatic carbocycles. The third-order valence-corrected chi connectivity index (χ3v) is 7.55. The molecule has 0 saturated heterocycles. The van der Waals surface area contributed by atoms with E-state index in [2.05, 4.69) is 15.9 Å². The van der Waals surface area contributed by atoms with Gasteiger partial charge in [0.2, 0.25) is 10.0 Å². The molecule has 130 valence electrons. The van der Waals surface area contributed by atoms with Gasteiger partial charge in [0.05, 0.1) is 23.1 Å². The van der Waals surface area contributed by atoms with Crippen LogP contribution in [0.2, 0.25) is 0 Å². The van der Waals surface area contributed by atoms with Crippen LogP contribution in [0.5, 0.6) is 0 Å². The van der Waals surface area contributed by atoms with Crippen LogP contribution in [0.3, 0.4) is 0 Å². The van der Waals surface area contributed by atoms with Gasteiger partial charge in [0.1, 0.15) is 0 Å². The second kappa shape index (κ2) is 7.77. The van der Waals surface area contributed by atoms with Crippen LogP contribution in [0.1, 0.15) is 35.1 Å². The number of rotatable bonds is 6. The van der Waals surface area contributed by atoms with E-state index in [1.54, 1.807) is 14.0 Å². The Hall–Kier alpha value is -1.22. The summed E-state index contributed by atoms with van der Waals surface area (Å²) in [6.07, 6.45) is 0. The van der Waals surface area contributed by atoms with Gasteiger partial charge < -0.3 is 4.74 Å². The number of hydrogen-bond acceptors (Lipinski definition) is 5. The molecule has 1 atom stereocenters. The molecule has 0 aliphatic rings. The summed E-state index contributed by atoms with van der Waals surface area (Å²) in [7, 11) is -2.16. The molecule has 0 radical (unpaired) electrons. The number of hydrogen-bond donors (Lipinski definition) is 0. The van der Waals surface area contributed by atoms with Gasteiger partial charge >= 0.3 is 5.97 Å². The highest BCUT2D eigenvalue weighted by Crippen LogP contribution is 2.32. The summed E-state index contributed by atoms with van der Waals surface area (Å²) in [6, 6.07) is 7.85. The maximum atomic E-state index is 12.9. The van der Waals surface area contributed by atoms with E-state index >= 15 is 0 Å². The normalized spacial score (nSPS) is 13.0. The Bertz CT molecular complexity index is 819. The molecule has 1 aromatic heterocycles. The monoisotopic (exact) mass is 431 g/mol. The van der Waals surface area contributed by atoms with Crippen molar-refractivity contribution in [3.05, 3.63) is 50.6 Å². The van der Waals surface area contributed by atoms with Crippen LogP contribution in [0.4, 0.5) is 0 Å². The molecule has 8 heteroatoms. The highest BCUT2D eigenvalue weighted by molar-refractivity contribution is 9.10. The number of halogens is 1. The van der Waals surface area contributed by atoms with Gasteiger partial charge in [0.15, 0.2) is 0 Å². The van der Waals surface area contributed by atoms with E-state index in [1.165, 1.54) is 33.8 Å². The van der Waals surface area contributed by atoms with Crippen molar-refractivity contribution >= 4 is 43.3 Å². The minimum absolute atomic E-state index is 0.112. The maximum Gasteiger partial charge on any atom is 0.338 e. The lowest BCUT2D eigenvalue weighted by Gasteiger charge is -2.24. The Labute approximate surface area is 154 Å². The number of thiophene rings is 1. The van der Waals surface area contributed by atoms with Crippen LogP contribution >= 0.6 is 27.3 Å². The molecule has 0 unspecified atom stereocenters. The third-order valence-electron chi connectivity index (χ3n) is 3.60. The summed E-state index contributed by atoms with van der Waals surface area (Å²) in [5.74, 6) is -0.484. The molecule has 2 aromatic rings. The van der Waals surface area contributed by atoms with Crippen molar-refractivity contribution in [2.45, 2.75) is 24.8 Å². The minimum atomic E-state index is -3.71. The van der Waals surface area contributed by atoms with Crippen LogP contribution in [0.15, 0.2) is 45.1 Å². The average molecular weight is 432 g/mol. The van der Waals surface area contributed by atoms with Gasteiger partial charge in [-0.25, -0.2) is 13.2 Å². The number of benzene rings is 1. The number of esters is 1. The van der Waals surface area contributed by atoms with Gasteiger partial charge in [0.25, 0.3) is 0 Å². The quantitative estimate of drug-likeness (QED) is 0.646. The zero-order valence-electron chi connectivity index (χ0n) is 13.5. The molecule has 1 heterocycles. The second-order valence-electron chi connectivity index (χ2n) is 5.08. The Morgan fingerprint density at radius 1 is 1.38 bits per heavy atom. The molecule has 5 nitrogen and oxygen atoms in total. The first kappa shape index (κ1) is 19.1. The van der Waals surface area contributed by atoms with Crippen LogP contribution in [0, 0.1) is 0 Å². The van der Waals surface area contributed by atoms with Crippen molar-refractivity contribution in [1.29, 1.82) is 0 Å². The van der Waals surface area contributed by atoms with Crippen molar-refractivity contribution in [3.63, 3.8) is 0 Å². The van der Waals surface area contributed by atoms with Gasteiger partial charge in [-0.1, -0.05) is 6.07 Å². The van der Waals surface area contributed by atoms with E-state index in [4.69, 9.17) is 4.74 Å². The summed E-state index contributed by atoms with van der Waals surface area (Å²) < 4.78 is 32.3. The first-order valence-corrected chi connectivity index (χ1v) is 10.4. The third kappa shape index (κ3) is 3.88. The minimum Gasteiger partial charge on any atom is -0.462 e. The fourth-order valence-corrected chi connectivity index (χ4v) is 5.39. The largest absolute Gasteiger partial charge is 0.462 e. The molecule has 0 bridgehead atoms. The van der Waals surface area contributed by atoms with Crippen molar-refractivity contribution in [1.82, 2.24) is 4.31 Å². The van der Waals surface area contributed by atoms with Crippen molar-refractivity contribution < 1.29 is 17.9 Å². The molecule has 0 saturated carbocycles. The number of carbonyl (C=O) groups is 1. The lowest BCUT2D eigenvalue weighted by molar-refractivity contribution is 0.0526. The van der Waals surface area contributed by atoms with Gasteiger partial charge in [-0.2, -0.15) is 4.31 Å². The molecule has 0 amide bonds. The van der Waals surface area contributed by atoms with E-state index in [9.17, 15) is 13.2 Å². The summed E-state index contributed by atoms with van der Waals surface area (Å²) in [5.41, 5.74) is 0.302. The standard InChI is InChI=1S/C16H18BrNO4S2/c1-4-22-16(19)12-7-8-15(13(17)10-12)24(20,21)18(3)11(2)14-6-5-9-23-14/h5-11H,4H2,1-3H3/t11-/m1/s1. The van der Waals surface area contributed by atoms with E-state index in [-0.39, 0.29) is 17.5 Å². The topological polar surface area (TPSA) is 63.7 Å². The molecule has 0 aliphatic heterocycles. The average Bonchev–Trinajstić information content (AvgIpc) is 3.07. The van der Waals surface area contributed by atoms with Gasteiger partial charge in [0, 0.05) is 16.4 Å². The number of ether oxygens (including phenoxy) is 1. The zero-order valence-corrected chi connectivity index (χ0v) is 16.7. The maximum absolute atomic E-state index is 12.9. The summed E-state index contributed by atoms with van der Waals surface area (Å²) in [4.78, 5) is 12.8. The van der Waals surface area contributed by atoms with Gasteiger partial charge in [-0.05, 0) is 59.4 Å². The Balaban J connectivity index is 2.34. The SMILES string of the molecule is CCOC(=O)c1ccc(S(=O)(=O)N(C)[C@H](C)c2cccs2)c(Br)c1. The van der Waals surface area contributed by atoms with E-state index in [1.807, 2.05) is 24.4 Å². The fraction of sp³-hybridized carbons (Fsp3) is 0.312. The lowest BCUT2D eigenvalue weighted by Crippen LogP contribution is -2.29. The van der Waals surface area contributed by atoms with E-state index in [0.717, 1.165) is 4.88 Å². The van der Waals surface area contributed by atoms with Crippen molar-refractivity contribution in [2.24, 2.45) is 0 Å². The predicted octanol–water partition coefficient (Wildman–Crippen LogP) is 4.07. The van der Waals surface area contributed by atoms with Crippen LogP contribution in [-0.4, -0.2) is 32.3 Å². The first-order valence-electron chi connectivity index (χ1n) is 7.27. The molecule has 0 N–H and O–H groups in total. The Morgan fingerprint density at radius 3 is 2.62 bits per heavy atom. The lowest BCUT2D eigenvalue weighted by atomic mass is 10.2. The second-order valence-corrected chi connectivity index (χ2v) is 8.88. The molecule has 2 rings (SSSR count). The summed E-state index contributed by atoms with van der Waals surface area (Å²) in [5, 5.41) is 1.91. The number of nitrogens with zero attached hydrogens (tertiary/aromatic N) is 1.